The average molecular weight is 465 g/mol. The van der Waals surface area contributed by atoms with Crippen molar-refractivity contribution >= 4 is 34.6 Å². The minimum Gasteiger partial charge on any atom is -0.467 e. The molecular formula is C25H28N4O3S. The second kappa shape index (κ2) is 9.72. The van der Waals surface area contributed by atoms with Crippen molar-refractivity contribution in [2.45, 2.75) is 33.2 Å². The first kappa shape index (κ1) is 22.9. The number of aryl methyl sites for hydroxylation is 3. The number of anilines is 1. The molecule has 0 radical (unpaired) electrons. The number of carbonyl (C=O) groups excluding carboxylic acids is 2. The number of hydrazone groups is 1. The minimum atomic E-state index is -0.287. The van der Waals surface area contributed by atoms with Crippen molar-refractivity contribution in [3.8, 4) is 0 Å². The predicted octanol–water partition coefficient (Wildman–Crippen LogP) is 4.51. The lowest BCUT2D eigenvalue weighted by Crippen LogP contribution is -2.39. The Labute approximate surface area is 197 Å². The summed E-state index contributed by atoms with van der Waals surface area (Å²) in [5.74, 6) is 0.359. The number of likely N-dealkylation sites (N-methyl/N-ethyl adjacent to an activating group) is 1. The molecule has 0 saturated carbocycles. The van der Waals surface area contributed by atoms with E-state index in [9.17, 15) is 9.59 Å². The Morgan fingerprint density at radius 2 is 1.94 bits per heavy atom. The van der Waals surface area contributed by atoms with Crippen LogP contribution in [-0.2, 0) is 9.59 Å². The van der Waals surface area contributed by atoms with Crippen molar-refractivity contribution < 1.29 is 14.0 Å². The second-order valence-corrected chi connectivity index (χ2v) is 9.44. The summed E-state index contributed by atoms with van der Waals surface area (Å²) in [5.41, 5.74) is 4.89. The molecule has 0 bridgehead atoms. The molecule has 172 valence electrons. The van der Waals surface area contributed by atoms with E-state index in [4.69, 9.17) is 4.42 Å². The second-order valence-electron chi connectivity index (χ2n) is 8.49. The number of rotatable bonds is 7. The standard InChI is InChI=1S/C25H28N4O3S/c1-16-11-17(2)25(18(3)12-16)26-23(30)14-28(4)15-24(31)29-20(21-7-5-9-32-21)13-19(27-29)22-8-6-10-33-22/h5-12,20H,13-15H2,1-4H3,(H,26,30). The number of carbonyl (C=O) groups is 2. The van der Waals surface area contributed by atoms with Gasteiger partial charge >= 0.3 is 0 Å². The Morgan fingerprint density at radius 3 is 2.58 bits per heavy atom. The van der Waals surface area contributed by atoms with Crippen LogP contribution in [0.3, 0.4) is 0 Å². The lowest BCUT2D eigenvalue weighted by Gasteiger charge is -2.23. The molecule has 0 spiro atoms. The Kier molecular flexibility index (Phi) is 6.76. The molecule has 4 rings (SSSR count). The van der Waals surface area contributed by atoms with Gasteiger partial charge in [-0.05, 0) is 62.5 Å². The maximum Gasteiger partial charge on any atom is 0.257 e. The van der Waals surface area contributed by atoms with Crippen LogP contribution in [0.2, 0.25) is 0 Å². The normalized spacial score (nSPS) is 15.7. The third-order valence-electron chi connectivity index (χ3n) is 5.60. The molecule has 3 aromatic rings. The largest absolute Gasteiger partial charge is 0.467 e. The summed E-state index contributed by atoms with van der Waals surface area (Å²) < 4.78 is 5.59. The zero-order chi connectivity index (χ0) is 23.5. The van der Waals surface area contributed by atoms with Crippen LogP contribution in [0, 0.1) is 20.8 Å². The number of hydrogen-bond acceptors (Lipinski definition) is 6. The minimum absolute atomic E-state index is 0.0672. The molecule has 0 fully saturated rings. The molecule has 8 heteroatoms. The fourth-order valence-corrected chi connectivity index (χ4v) is 4.92. The predicted molar refractivity (Wildman–Crippen MR) is 131 cm³/mol. The van der Waals surface area contributed by atoms with E-state index in [-0.39, 0.29) is 30.9 Å². The van der Waals surface area contributed by atoms with Crippen LogP contribution in [-0.4, -0.2) is 47.6 Å². The van der Waals surface area contributed by atoms with Crippen molar-refractivity contribution in [1.82, 2.24) is 9.91 Å². The highest BCUT2D eigenvalue weighted by Gasteiger charge is 2.35. The van der Waals surface area contributed by atoms with Gasteiger partial charge in [-0.1, -0.05) is 23.8 Å². The number of benzene rings is 1. The van der Waals surface area contributed by atoms with Crippen LogP contribution >= 0.6 is 11.3 Å². The maximum absolute atomic E-state index is 13.2. The summed E-state index contributed by atoms with van der Waals surface area (Å²) in [6.07, 6.45) is 2.20. The molecule has 3 heterocycles. The van der Waals surface area contributed by atoms with E-state index in [2.05, 4.69) is 10.4 Å². The number of nitrogens with one attached hydrogen (secondary N) is 1. The van der Waals surface area contributed by atoms with E-state index in [0.29, 0.717) is 12.2 Å². The number of thiophene rings is 1. The Morgan fingerprint density at radius 1 is 1.18 bits per heavy atom. The van der Waals surface area contributed by atoms with Crippen molar-refractivity contribution in [3.63, 3.8) is 0 Å². The molecule has 1 atom stereocenters. The molecule has 1 aliphatic heterocycles. The first-order valence-electron chi connectivity index (χ1n) is 10.8. The molecule has 1 aliphatic rings. The quantitative estimate of drug-likeness (QED) is 0.558. The van der Waals surface area contributed by atoms with Crippen molar-refractivity contribution in [2.24, 2.45) is 5.10 Å². The Balaban J connectivity index is 1.42. The zero-order valence-electron chi connectivity index (χ0n) is 19.3. The fraction of sp³-hybridized carbons (Fsp3) is 0.320. The van der Waals surface area contributed by atoms with Gasteiger partial charge in [-0.15, -0.1) is 11.3 Å². The van der Waals surface area contributed by atoms with Crippen LogP contribution in [0.4, 0.5) is 5.69 Å². The number of amides is 2. The molecule has 2 amide bonds. The molecule has 7 nitrogen and oxygen atoms in total. The summed E-state index contributed by atoms with van der Waals surface area (Å²) in [4.78, 5) is 28.6. The summed E-state index contributed by atoms with van der Waals surface area (Å²) in [5, 5.41) is 11.1. The van der Waals surface area contributed by atoms with Gasteiger partial charge in [-0.3, -0.25) is 14.5 Å². The average Bonchev–Trinajstić information content (AvgIpc) is 3.51. The number of nitrogens with zero attached hydrogens (tertiary/aromatic N) is 3. The summed E-state index contributed by atoms with van der Waals surface area (Å²) in [6.45, 7) is 6.16. The summed E-state index contributed by atoms with van der Waals surface area (Å²) in [6, 6.07) is 11.4. The fourth-order valence-electron chi connectivity index (χ4n) is 4.19. The van der Waals surface area contributed by atoms with Crippen molar-refractivity contribution in [3.05, 3.63) is 75.4 Å². The van der Waals surface area contributed by atoms with Crippen LogP contribution < -0.4 is 5.32 Å². The van der Waals surface area contributed by atoms with Crippen LogP contribution in [0.1, 0.15) is 39.8 Å². The molecular weight excluding hydrogens is 436 g/mol. The Bertz CT molecular complexity index is 1150. The third kappa shape index (κ3) is 5.23. The molecule has 0 aliphatic carbocycles. The van der Waals surface area contributed by atoms with Gasteiger partial charge < -0.3 is 9.73 Å². The molecule has 1 aromatic carbocycles. The lowest BCUT2D eigenvalue weighted by atomic mass is 10.1. The van der Waals surface area contributed by atoms with Gasteiger partial charge in [0.05, 0.1) is 29.9 Å². The topological polar surface area (TPSA) is 78.2 Å². The third-order valence-corrected chi connectivity index (χ3v) is 6.52. The van der Waals surface area contributed by atoms with Gasteiger partial charge in [0.1, 0.15) is 11.8 Å². The van der Waals surface area contributed by atoms with Crippen molar-refractivity contribution in [2.75, 3.05) is 25.5 Å². The SMILES string of the molecule is Cc1cc(C)c(NC(=O)CN(C)CC(=O)N2N=C(c3cccs3)CC2c2ccco2)c(C)c1. The molecule has 33 heavy (non-hydrogen) atoms. The molecule has 0 saturated heterocycles. The van der Waals surface area contributed by atoms with Crippen molar-refractivity contribution in [1.29, 1.82) is 0 Å². The highest BCUT2D eigenvalue weighted by Crippen LogP contribution is 2.34. The van der Waals surface area contributed by atoms with E-state index in [1.54, 1.807) is 29.5 Å². The first-order chi connectivity index (χ1) is 15.8. The van der Waals surface area contributed by atoms with E-state index >= 15 is 0 Å². The van der Waals surface area contributed by atoms with Gasteiger partial charge in [-0.25, -0.2) is 5.01 Å². The molecule has 1 N–H and O–H groups in total. The van der Waals surface area contributed by atoms with Crippen LogP contribution in [0.25, 0.3) is 0 Å². The monoisotopic (exact) mass is 464 g/mol. The first-order valence-corrected chi connectivity index (χ1v) is 11.7. The van der Waals surface area contributed by atoms with Gasteiger partial charge in [0, 0.05) is 12.1 Å². The lowest BCUT2D eigenvalue weighted by molar-refractivity contribution is -0.134. The highest BCUT2D eigenvalue weighted by molar-refractivity contribution is 7.12. The smallest absolute Gasteiger partial charge is 0.257 e. The van der Waals surface area contributed by atoms with E-state index < -0.39 is 0 Å². The maximum atomic E-state index is 13.2. The van der Waals surface area contributed by atoms with Gasteiger partial charge in [0.2, 0.25) is 5.91 Å². The highest BCUT2D eigenvalue weighted by atomic mass is 32.1. The van der Waals surface area contributed by atoms with Gasteiger partial charge in [-0.2, -0.15) is 5.10 Å². The van der Waals surface area contributed by atoms with Crippen LogP contribution in [0.5, 0.6) is 0 Å². The van der Waals surface area contributed by atoms with E-state index in [1.807, 2.05) is 62.5 Å². The van der Waals surface area contributed by atoms with Gasteiger partial charge in [0.25, 0.3) is 5.91 Å². The van der Waals surface area contributed by atoms with Crippen LogP contribution in [0.15, 0.2) is 57.6 Å². The van der Waals surface area contributed by atoms with E-state index in [1.165, 1.54) is 5.01 Å². The molecule has 2 aromatic heterocycles. The van der Waals surface area contributed by atoms with Gasteiger partial charge in [0.15, 0.2) is 0 Å². The van der Waals surface area contributed by atoms with E-state index in [0.717, 1.165) is 33.0 Å². The summed E-state index contributed by atoms with van der Waals surface area (Å²) >= 11 is 1.60. The molecule has 1 unspecified atom stereocenters. The number of furan rings is 1. The Hall–Kier alpha value is -3.23. The summed E-state index contributed by atoms with van der Waals surface area (Å²) in [7, 11) is 1.76. The zero-order valence-corrected chi connectivity index (χ0v) is 20.1. The number of hydrogen-bond donors (Lipinski definition) is 1.